The zero-order valence-electron chi connectivity index (χ0n) is 23.9. The van der Waals surface area contributed by atoms with Gasteiger partial charge in [-0.1, -0.05) is 0 Å². The lowest BCUT2D eigenvalue weighted by atomic mass is 9.99. The van der Waals surface area contributed by atoms with Crippen LogP contribution in [-0.2, 0) is 14.2 Å². The van der Waals surface area contributed by atoms with Gasteiger partial charge < -0.3 is 68.2 Å². The Kier molecular flexibility index (Phi) is 9.59. The van der Waals surface area contributed by atoms with Crippen LogP contribution in [0.25, 0.3) is 22.3 Å². The Morgan fingerprint density at radius 1 is 0.773 bits per heavy atom. The quantitative estimate of drug-likeness (QED) is 0.171. The van der Waals surface area contributed by atoms with E-state index in [4.69, 9.17) is 37.6 Å². The lowest BCUT2D eigenvalue weighted by Gasteiger charge is -2.41. The molecule has 15 heteroatoms. The Labute approximate surface area is 250 Å². The number of rotatable bonds is 9. The summed E-state index contributed by atoms with van der Waals surface area (Å²) < 4.78 is 44.2. The van der Waals surface area contributed by atoms with Crippen LogP contribution in [0.4, 0.5) is 0 Å². The molecule has 3 heterocycles. The van der Waals surface area contributed by atoms with E-state index in [1.54, 1.807) is 18.2 Å². The van der Waals surface area contributed by atoms with Crippen LogP contribution in [0, 0.1) is 0 Å². The molecule has 2 aliphatic rings. The molecule has 15 nitrogen and oxygen atoms in total. The third-order valence-corrected chi connectivity index (χ3v) is 7.46. The number of methoxy groups -OCH3 is 3. The van der Waals surface area contributed by atoms with Gasteiger partial charge in [0, 0.05) is 23.8 Å². The Balaban J connectivity index is 1.40. The molecule has 0 bridgehead atoms. The molecule has 3 aromatic rings. The number of hydrogen-bond acceptors (Lipinski definition) is 15. The highest BCUT2D eigenvalue weighted by Crippen LogP contribution is 2.36. The van der Waals surface area contributed by atoms with Gasteiger partial charge in [-0.25, -0.2) is 0 Å². The summed E-state index contributed by atoms with van der Waals surface area (Å²) in [6, 6.07) is 9.03. The maximum atomic E-state index is 13.1. The van der Waals surface area contributed by atoms with Gasteiger partial charge in [0.25, 0.3) is 0 Å². The van der Waals surface area contributed by atoms with E-state index in [-0.39, 0.29) is 34.8 Å². The molecule has 44 heavy (non-hydrogen) atoms. The first-order chi connectivity index (χ1) is 21.1. The summed E-state index contributed by atoms with van der Waals surface area (Å²) in [5.74, 6) is 1.23. The fourth-order valence-corrected chi connectivity index (χ4v) is 4.99. The molecule has 0 saturated carbocycles. The summed E-state index contributed by atoms with van der Waals surface area (Å²) in [7, 11) is 4.32. The van der Waals surface area contributed by atoms with Crippen molar-refractivity contribution in [2.75, 3.05) is 34.5 Å². The van der Waals surface area contributed by atoms with E-state index >= 15 is 0 Å². The van der Waals surface area contributed by atoms with Gasteiger partial charge in [0.1, 0.15) is 71.0 Å². The van der Waals surface area contributed by atoms with Crippen LogP contribution in [0.3, 0.4) is 0 Å². The summed E-state index contributed by atoms with van der Waals surface area (Å²) >= 11 is 0. The highest BCUT2D eigenvalue weighted by Gasteiger charge is 2.46. The maximum absolute atomic E-state index is 13.1. The van der Waals surface area contributed by atoms with Crippen molar-refractivity contribution < 1.29 is 68.2 Å². The van der Waals surface area contributed by atoms with Gasteiger partial charge in [-0.05, 0) is 18.2 Å². The molecular formula is C29H34O15. The van der Waals surface area contributed by atoms with Gasteiger partial charge in [-0.15, -0.1) is 0 Å². The standard InChI is InChI=1S/C29H34O15/c1-37-16-5-4-12(6-18(16)38-2)17-9-14(30)22-19(39-3)7-13(8-20(22)43-17)42-29-27(36)25(34)24(33)21(44-29)11-41-28-26(35)23(32)15(31)10-40-28/h4-9,15,21,23-29,31-36H,10-11H2,1-3H3. The number of hydrogen-bond donors (Lipinski definition) is 6. The minimum Gasteiger partial charge on any atom is -0.496 e. The normalized spacial score (nSPS) is 30.6. The topological polar surface area (TPSA) is 216 Å². The molecule has 0 radical (unpaired) electrons. The number of aliphatic hydroxyl groups excluding tert-OH is 6. The van der Waals surface area contributed by atoms with E-state index in [9.17, 15) is 35.4 Å². The molecule has 9 unspecified atom stereocenters. The minimum atomic E-state index is -1.73. The molecule has 5 rings (SSSR count). The van der Waals surface area contributed by atoms with Gasteiger partial charge in [0.05, 0.1) is 34.5 Å². The summed E-state index contributed by atoms with van der Waals surface area (Å²) in [5.41, 5.74) is 0.187. The first-order valence-corrected chi connectivity index (χ1v) is 13.6. The Bertz CT molecular complexity index is 1510. The Hall–Kier alpha value is -3.51. The second-order valence-electron chi connectivity index (χ2n) is 10.3. The van der Waals surface area contributed by atoms with Crippen molar-refractivity contribution in [1.82, 2.24) is 0 Å². The molecule has 2 aromatic carbocycles. The lowest BCUT2D eigenvalue weighted by Crippen LogP contribution is -2.61. The second-order valence-corrected chi connectivity index (χ2v) is 10.3. The van der Waals surface area contributed by atoms with Crippen molar-refractivity contribution in [2.45, 2.75) is 55.3 Å². The number of ether oxygens (including phenoxy) is 7. The number of aliphatic hydroxyl groups is 6. The fourth-order valence-electron chi connectivity index (χ4n) is 4.99. The van der Waals surface area contributed by atoms with Crippen LogP contribution < -0.4 is 24.4 Å². The van der Waals surface area contributed by atoms with Crippen LogP contribution in [0.2, 0.25) is 0 Å². The van der Waals surface area contributed by atoms with Crippen molar-refractivity contribution in [1.29, 1.82) is 0 Å². The van der Waals surface area contributed by atoms with Crippen molar-refractivity contribution in [2.24, 2.45) is 0 Å². The first-order valence-electron chi connectivity index (χ1n) is 13.6. The lowest BCUT2D eigenvalue weighted by molar-refractivity contribution is -0.307. The van der Waals surface area contributed by atoms with E-state index in [0.29, 0.717) is 17.1 Å². The second kappa shape index (κ2) is 13.2. The van der Waals surface area contributed by atoms with Gasteiger partial charge in [-0.2, -0.15) is 0 Å². The molecule has 1 aromatic heterocycles. The molecule has 0 spiro atoms. The molecule has 2 fully saturated rings. The van der Waals surface area contributed by atoms with E-state index in [1.807, 2.05) is 0 Å². The van der Waals surface area contributed by atoms with Crippen molar-refractivity contribution in [3.8, 4) is 34.3 Å². The average molecular weight is 623 g/mol. The first kappa shape index (κ1) is 31.9. The molecule has 2 aliphatic heterocycles. The smallest absolute Gasteiger partial charge is 0.229 e. The largest absolute Gasteiger partial charge is 0.496 e. The average Bonchev–Trinajstić information content (AvgIpc) is 3.03. The van der Waals surface area contributed by atoms with Gasteiger partial charge in [-0.3, -0.25) is 4.79 Å². The monoisotopic (exact) mass is 622 g/mol. The zero-order valence-corrected chi connectivity index (χ0v) is 23.9. The highest BCUT2D eigenvalue weighted by molar-refractivity contribution is 5.86. The molecule has 9 atom stereocenters. The van der Waals surface area contributed by atoms with Crippen LogP contribution in [0.15, 0.2) is 45.6 Å². The third kappa shape index (κ3) is 6.19. The Morgan fingerprint density at radius 3 is 2.18 bits per heavy atom. The van der Waals surface area contributed by atoms with Crippen molar-refractivity contribution in [3.05, 3.63) is 46.6 Å². The number of benzene rings is 2. The predicted octanol–water partition coefficient (Wildman–Crippen LogP) is -0.872. The van der Waals surface area contributed by atoms with E-state index < -0.39 is 67.3 Å². The molecule has 240 valence electrons. The van der Waals surface area contributed by atoms with Crippen LogP contribution in [0.5, 0.6) is 23.0 Å². The zero-order chi connectivity index (χ0) is 31.7. The third-order valence-electron chi connectivity index (χ3n) is 7.46. The summed E-state index contributed by atoms with van der Waals surface area (Å²) in [6.07, 6.45) is -13.7. The molecule has 6 N–H and O–H groups in total. The van der Waals surface area contributed by atoms with Crippen molar-refractivity contribution >= 4 is 11.0 Å². The molecular weight excluding hydrogens is 588 g/mol. The molecule has 0 aliphatic carbocycles. The fraction of sp³-hybridized carbons (Fsp3) is 0.483. The van der Waals surface area contributed by atoms with Gasteiger partial charge in [0.2, 0.25) is 6.29 Å². The predicted molar refractivity (Wildman–Crippen MR) is 149 cm³/mol. The minimum absolute atomic E-state index is 0.0254. The molecule has 0 amide bonds. The van der Waals surface area contributed by atoms with E-state index in [1.165, 1.54) is 39.5 Å². The van der Waals surface area contributed by atoms with Crippen molar-refractivity contribution in [3.63, 3.8) is 0 Å². The maximum Gasteiger partial charge on any atom is 0.229 e. The SMILES string of the molecule is COc1ccc(-c2cc(=O)c3c(OC)cc(OC4OC(COC5OCC(O)C(O)C5O)C(O)C(O)C4O)cc3o2)cc1OC. The summed E-state index contributed by atoms with van der Waals surface area (Å²) in [4.78, 5) is 13.1. The summed E-state index contributed by atoms with van der Waals surface area (Å²) in [6.45, 7) is -0.766. The van der Waals surface area contributed by atoms with Crippen LogP contribution >= 0.6 is 0 Å². The van der Waals surface area contributed by atoms with Crippen LogP contribution in [0.1, 0.15) is 0 Å². The Morgan fingerprint density at radius 2 is 1.48 bits per heavy atom. The number of fused-ring (bicyclic) bond motifs is 1. The van der Waals surface area contributed by atoms with E-state index in [0.717, 1.165) is 0 Å². The molecule has 2 saturated heterocycles. The van der Waals surface area contributed by atoms with E-state index in [2.05, 4.69) is 0 Å². The van der Waals surface area contributed by atoms with Gasteiger partial charge >= 0.3 is 0 Å². The van der Waals surface area contributed by atoms with Crippen LogP contribution in [-0.4, -0.2) is 120 Å². The highest BCUT2D eigenvalue weighted by atomic mass is 16.7. The summed E-state index contributed by atoms with van der Waals surface area (Å²) in [5, 5.41) is 61.3. The van der Waals surface area contributed by atoms with Gasteiger partial charge in [0.15, 0.2) is 23.2 Å².